The highest BCUT2D eigenvalue weighted by Gasteiger charge is 2.19. The van der Waals surface area contributed by atoms with Gasteiger partial charge in [0.15, 0.2) is 5.78 Å². The molecule has 0 saturated carbocycles. The minimum atomic E-state index is -0.156. The molecule has 2 rings (SSSR count). The fraction of sp³-hybridized carbons (Fsp3) is 0.562. The minimum Gasteiger partial charge on any atom is -0.377 e. The Hall–Kier alpha value is -1.19. The molecular formula is C16H23NO2. The number of benzene rings is 1. The molecule has 1 aliphatic rings. The van der Waals surface area contributed by atoms with Crippen LogP contribution in [0.4, 0.5) is 0 Å². The molecule has 0 radical (unpaired) electrons. The molecule has 0 aliphatic carbocycles. The van der Waals surface area contributed by atoms with E-state index < -0.39 is 0 Å². The van der Waals surface area contributed by atoms with Crippen molar-refractivity contribution in [1.29, 1.82) is 0 Å². The van der Waals surface area contributed by atoms with E-state index in [4.69, 9.17) is 4.74 Å². The van der Waals surface area contributed by atoms with Crippen molar-refractivity contribution in [3.63, 3.8) is 0 Å². The van der Waals surface area contributed by atoms with Gasteiger partial charge in [0.2, 0.25) is 0 Å². The molecule has 2 atom stereocenters. The summed E-state index contributed by atoms with van der Waals surface area (Å²) in [5.74, 6) is 0.153. The summed E-state index contributed by atoms with van der Waals surface area (Å²) in [6.07, 6.45) is 3.51. The van der Waals surface area contributed by atoms with Crippen molar-refractivity contribution in [2.75, 3.05) is 13.2 Å². The van der Waals surface area contributed by atoms with Gasteiger partial charge in [-0.25, -0.2) is 0 Å². The molecule has 19 heavy (non-hydrogen) atoms. The predicted molar refractivity (Wildman–Crippen MR) is 76.6 cm³/mol. The fourth-order valence-corrected chi connectivity index (χ4v) is 2.36. The van der Waals surface area contributed by atoms with E-state index in [0.717, 1.165) is 38.0 Å². The summed E-state index contributed by atoms with van der Waals surface area (Å²) < 4.78 is 5.55. The Balaban J connectivity index is 1.86. The van der Waals surface area contributed by atoms with Crippen LogP contribution in [0.3, 0.4) is 0 Å². The molecular weight excluding hydrogens is 238 g/mol. The van der Waals surface area contributed by atoms with E-state index in [1.54, 1.807) is 0 Å². The molecule has 1 heterocycles. The van der Waals surface area contributed by atoms with Crippen LogP contribution in [0.2, 0.25) is 0 Å². The number of aryl methyl sites for hydroxylation is 1. The average Bonchev–Trinajstić information content (AvgIpc) is 2.97. The van der Waals surface area contributed by atoms with Crippen LogP contribution in [0, 0.1) is 0 Å². The first-order valence-corrected chi connectivity index (χ1v) is 7.19. The molecule has 1 aromatic carbocycles. The summed E-state index contributed by atoms with van der Waals surface area (Å²) >= 11 is 0. The van der Waals surface area contributed by atoms with Gasteiger partial charge < -0.3 is 10.1 Å². The highest BCUT2D eigenvalue weighted by Crippen LogP contribution is 2.12. The lowest BCUT2D eigenvalue weighted by Crippen LogP contribution is -2.38. The van der Waals surface area contributed by atoms with Crippen LogP contribution in [0.25, 0.3) is 0 Å². The van der Waals surface area contributed by atoms with Gasteiger partial charge in [-0.05, 0) is 31.7 Å². The predicted octanol–water partition coefficient (Wildman–Crippen LogP) is 2.59. The summed E-state index contributed by atoms with van der Waals surface area (Å²) in [6, 6.07) is 7.74. The van der Waals surface area contributed by atoms with Crippen LogP contribution >= 0.6 is 0 Å². The normalized spacial score (nSPS) is 20.4. The Kier molecular flexibility index (Phi) is 5.11. The molecule has 0 amide bonds. The van der Waals surface area contributed by atoms with Gasteiger partial charge in [-0.1, -0.05) is 31.2 Å². The Bertz CT molecular complexity index is 407. The third-order valence-electron chi connectivity index (χ3n) is 3.72. The summed E-state index contributed by atoms with van der Waals surface area (Å²) in [5.41, 5.74) is 2.04. The molecule has 1 fully saturated rings. The molecule has 1 saturated heterocycles. The van der Waals surface area contributed by atoms with Crippen molar-refractivity contribution in [1.82, 2.24) is 5.32 Å². The molecule has 104 valence electrons. The number of ketones is 1. The average molecular weight is 261 g/mol. The maximum Gasteiger partial charge on any atom is 0.179 e. The summed E-state index contributed by atoms with van der Waals surface area (Å²) in [5, 5.41) is 3.28. The van der Waals surface area contributed by atoms with Crippen molar-refractivity contribution in [2.24, 2.45) is 0 Å². The van der Waals surface area contributed by atoms with Crippen molar-refractivity contribution >= 4 is 5.78 Å². The molecule has 1 aromatic rings. The van der Waals surface area contributed by atoms with Gasteiger partial charge in [-0.15, -0.1) is 0 Å². The SMILES string of the molecule is CCc1ccc(C(=O)C(C)NCC2CCCO2)cc1. The van der Waals surface area contributed by atoms with E-state index in [1.807, 2.05) is 31.2 Å². The number of rotatable bonds is 6. The summed E-state index contributed by atoms with van der Waals surface area (Å²) in [7, 11) is 0. The number of ether oxygens (including phenoxy) is 1. The van der Waals surface area contributed by atoms with E-state index >= 15 is 0 Å². The first-order chi connectivity index (χ1) is 9.20. The third kappa shape index (κ3) is 3.88. The number of carbonyl (C=O) groups is 1. The number of nitrogens with one attached hydrogen (secondary N) is 1. The zero-order valence-corrected chi connectivity index (χ0v) is 11.8. The maximum atomic E-state index is 12.2. The van der Waals surface area contributed by atoms with Crippen molar-refractivity contribution in [3.8, 4) is 0 Å². The molecule has 1 aliphatic heterocycles. The Morgan fingerprint density at radius 2 is 2.16 bits per heavy atom. The van der Waals surface area contributed by atoms with E-state index in [9.17, 15) is 4.79 Å². The lowest BCUT2D eigenvalue weighted by Gasteiger charge is -2.16. The quantitative estimate of drug-likeness (QED) is 0.800. The van der Waals surface area contributed by atoms with Crippen LogP contribution in [-0.4, -0.2) is 31.1 Å². The van der Waals surface area contributed by atoms with E-state index in [-0.39, 0.29) is 17.9 Å². The highest BCUT2D eigenvalue weighted by atomic mass is 16.5. The Labute approximate surface area is 115 Å². The second-order valence-corrected chi connectivity index (χ2v) is 5.18. The van der Waals surface area contributed by atoms with Gasteiger partial charge in [-0.3, -0.25) is 4.79 Å². The lowest BCUT2D eigenvalue weighted by atomic mass is 10.0. The zero-order chi connectivity index (χ0) is 13.7. The van der Waals surface area contributed by atoms with Crippen molar-refractivity contribution in [3.05, 3.63) is 35.4 Å². The monoisotopic (exact) mass is 261 g/mol. The van der Waals surface area contributed by atoms with Crippen LogP contribution in [0.1, 0.15) is 42.6 Å². The van der Waals surface area contributed by atoms with Gasteiger partial charge >= 0.3 is 0 Å². The molecule has 0 spiro atoms. The van der Waals surface area contributed by atoms with Crippen LogP contribution in [0.15, 0.2) is 24.3 Å². The number of Topliss-reactive ketones (excluding diaryl/α,β-unsaturated/α-hetero) is 1. The number of hydrogen-bond acceptors (Lipinski definition) is 3. The second-order valence-electron chi connectivity index (χ2n) is 5.18. The molecule has 0 bridgehead atoms. The molecule has 0 aromatic heterocycles. The molecule has 3 heteroatoms. The van der Waals surface area contributed by atoms with Crippen LogP contribution < -0.4 is 5.32 Å². The van der Waals surface area contributed by atoms with E-state index in [2.05, 4.69) is 12.2 Å². The van der Waals surface area contributed by atoms with Gasteiger partial charge in [0.1, 0.15) is 0 Å². The topological polar surface area (TPSA) is 38.3 Å². The second kappa shape index (κ2) is 6.83. The lowest BCUT2D eigenvalue weighted by molar-refractivity contribution is 0.0902. The zero-order valence-electron chi connectivity index (χ0n) is 11.8. The highest BCUT2D eigenvalue weighted by molar-refractivity contribution is 5.99. The molecule has 2 unspecified atom stereocenters. The maximum absolute atomic E-state index is 12.2. The smallest absolute Gasteiger partial charge is 0.179 e. The van der Waals surface area contributed by atoms with Gasteiger partial charge in [0.05, 0.1) is 12.1 Å². The molecule has 1 N–H and O–H groups in total. The van der Waals surface area contributed by atoms with Gasteiger partial charge in [-0.2, -0.15) is 0 Å². The van der Waals surface area contributed by atoms with Gasteiger partial charge in [0.25, 0.3) is 0 Å². The first kappa shape index (κ1) is 14.2. The molecule has 3 nitrogen and oxygen atoms in total. The van der Waals surface area contributed by atoms with E-state index in [0.29, 0.717) is 0 Å². The van der Waals surface area contributed by atoms with Crippen molar-refractivity contribution in [2.45, 2.75) is 45.3 Å². The first-order valence-electron chi connectivity index (χ1n) is 7.19. The van der Waals surface area contributed by atoms with Crippen LogP contribution in [-0.2, 0) is 11.2 Å². The van der Waals surface area contributed by atoms with Crippen LogP contribution in [0.5, 0.6) is 0 Å². The van der Waals surface area contributed by atoms with Gasteiger partial charge in [0, 0.05) is 18.7 Å². The summed E-state index contributed by atoms with van der Waals surface area (Å²) in [4.78, 5) is 12.2. The summed E-state index contributed by atoms with van der Waals surface area (Å²) in [6.45, 7) is 5.65. The third-order valence-corrected chi connectivity index (χ3v) is 3.72. The minimum absolute atomic E-state index is 0.153. The van der Waals surface area contributed by atoms with Crippen molar-refractivity contribution < 1.29 is 9.53 Å². The van der Waals surface area contributed by atoms with E-state index in [1.165, 1.54) is 5.56 Å². The largest absolute Gasteiger partial charge is 0.377 e. The number of hydrogen-bond donors (Lipinski definition) is 1. The Morgan fingerprint density at radius 3 is 2.74 bits per heavy atom. The fourth-order valence-electron chi connectivity index (χ4n) is 2.36. The number of carbonyl (C=O) groups excluding carboxylic acids is 1. The Morgan fingerprint density at radius 1 is 1.42 bits per heavy atom. The standard InChI is InChI=1S/C16H23NO2/c1-3-13-6-8-14(9-7-13)16(18)12(2)17-11-15-5-4-10-19-15/h6-9,12,15,17H,3-5,10-11H2,1-2H3.